The number of ether oxygens (including phenoxy) is 1. The number of carbonyl (C=O) groups excluding carboxylic acids is 1. The SMILES string of the molecule is COC(C)(C)CC(=O)N1CCN(CCCN)CC1. The number of piperazine rings is 1. The maximum Gasteiger partial charge on any atom is 0.225 e. The van der Waals surface area contributed by atoms with E-state index in [-0.39, 0.29) is 11.5 Å². The van der Waals surface area contributed by atoms with Gasteiger partial charge < -0.3 is 15.4 Å². The van der Waals surface area contributed by atoms with Crippen molar-refractivity contribution >= 4 is 5.91 Å². The number of carbonyl (C=O) groups is 1. The van der Waals surface area contributed by atoms with Crippen LogP contribution in [0.15, 0.2) is 0 Å². The first-order valence-corrected chi connectivity index (χ1v) is 6.74. The van der Waals surface area contributed by atoms with Crippen molar-refractivity contribution in [1.29, 1.82) is 0 Å². The number of nitrogens with zero attached hydrogens (tertiary/aromatic N) is 2. The third-order valence-electron chi connectivity index (χ3n) is 3.53. The third-order valence-corrected chi connectivity index (χ3v) is 3.53. The van der Waals surface area contributed by atoms with Gasteiger partial charge in [-0.3, -0.25) is 9.69 Å². The molecule has 0 unspecified atom stereocenters. The summed E-state index contributed by atoms with van der Waals surface area (Å²) in [5.41, 5.74) is 5.13. The van der Waals surface area contributed by atoms with Crippen molar-refractivity contribution in [2.24, 2.45) is 5.73 Å². The molecule has 106 valence electrons. The molecule has 1 aliphatic heterocycles. The molecule has 0 atom stereocenters. The molecule has 1 rings (SSSR count). The van der Waals surface area contributed by atoms with E-state index in [4.69, 9.17) is 10.5 Å². The molecule has 5 nitrogen and oxygen atoms in total. The van der Waals surface area contributed by atoms with E-state index in [1.165, 1.54) is 0 Å². The first-order valence-electron chi connectivity index (χ1n) is 6.74. The number of nitrogens with two attached hydrogens (primary N) is 1. The second kappa shape index (κ2) is 7.07. The zero-order valence-electron chi connectivity index (χ0n) is 11.9. The number of hydrogen-bond acceptors (Lipinski definition) is 4. The Morgan fingerprint density at radius 1 is 1.28 bits per heavy atom. The van der Waals surface area contributed by atoms with Gasteiger partial charge in [0.2, 0.25) is 5.91 Å². The number of methoxy groups -OCH3 is 1. The van der Waals surface area contributed by atoms with Crippen LogP contribution >= 0.6 is 0 Å². The van der Waals surface area contributed by atoms with E-state index in [9.17, 15) is 4.79 Å². The van der Waals surface area contributed by atoms with Gasteiger partial charge in [0.25, 0.3) is 0 Å². The van der Waals surface area contributed by atoms with Crippen molar-refractivity contribution in [1.82, 2.24) is 9.80 Å². The standard InChI is InChI=1S/C13H27N3O2/c1-13(2,18-3)11-12(17)16-9-7-15(8-10-16)6-4-5-14/h4-11,14H2,1-3H3. The van der Waals surface area contributed by atoms with Gasteiger partial charge >= 0.3 is 0 Å². The Morgan fingerprint density at radius 3 is 2.39 bits per heavy atom. The van der Waals surface area contributed by atoms with E-state index >= 15 is 0 Å². The van der Waals surface area contributed by atoms with Crippen molar-refractivity contribution in [2.75, 3.05) is 46.4 Å². The molecule has 2 N–H and O–H groups in total. The summed E-state index contributed by atoms with van der Waals surface area (Å²) in [6.07, 6.45) is 1.48. The molecule has 1 aliphatic rings. The molecular formula is C13H27N3O2. The minimum Gasteiger partial charge on any atom is -0.378 e. The highest BCUT2D eigenvalue weighted by atomic mass is 16.5. The average Bonchev–Trinajstić information content (AvgIpc) is 2.36. The van der Waals surface area contributed by atoms with Crippen LogP contribution in [-0.4, -0.2) is 67.7 Å². The van der Waals surface area contributed by atoms with Crippen LogP contribution < -0.4 is 5.73 Å². The number of rotatable bonds is 6. The molecule has 0 aromatic rings. The van der Waals surface area contributed by atoms with Crippen LogP contribution in [0.4, 0.5) is 0 Å². The normalized spacial score (nSPS) is 18.1. The first-order chi connectivity index (χ1) is 8.48. The maximum atomic E-state index is 12.1. The lowest BCUT2D eigenvalue weighted by Gasteiger charge is -2.36. The van der Waals surface area contributed by atoms with E-state index in [0.29, 0.717) is 6.42 Å². The van der Waals surface area contributed by atoms with Crippen molar-refractivity contribution in [3.05, 3.63) is 0 Å². The van der Waals surface area contributed by atoms with Gasteiger partial charge in [-0.15, -0.1) is 0 Å². The molecule has 0 spiro atoms. The summed E-state index contributed by atoms with van der Waals surface area (Å²) >= 11 is 0. The second-order valence-electron chi connectivity index (χ2n) is 5.51. The zero-order chi connectivity index (χ0) is 13.6. The van der Waals surface area contributed by atoms with E-state index < -0.39 is 0 Å². The van der Waals surface area contributed by atoms with E-state index in [0.717, 1.165) is 45.7 Å². The lowest BCUT2D eigenvalue weighted by Crippen LogP contribution is -2.50. The minimum atomic E-state index is -0.367. The number of hydrogen-bond donors (Lipinski definition) is 1. The molecule has 1 saturated heterocycles. The topological polar surface area (TPSA) is 58.8 Å². The van der Waals surface area contributed by atoms with Crippen LogP contribution in [0.5, 0.6) is 0 Å². The minimum absolute atomic E-state index is 0.195. The highest BCUT2D eigenvalue weighted by Gasteiger charge is 2.26. The molecular weight excluding hydrogens is 230 g/mol. The molecule has 0 bridgehead atoms. The predicted molar refractivity (Wildman–Crippen MR) is 72.4 cm³/mol. The van der Waals surface area contributed by atoms with E-state index in [2.05, 4.69) is 4.90 Å². The summed E-state index contributed by atoms with van der Waals surface area (Å²) in [5.74, 6) is 0.195. The van der Waals surface area contributed by atoms with Gasteiger partial charge in [0.15, 0.2) is 0 Å². The molecule has 0 aromatic carbocycles. The van der Waals surface area contributed by atoms with E-state index in [1.54, 1.807) is 7.11 Å². The molecule has 1 fully saturated rings. The zero-order valence-corrected chi connectivity index (χ0v) is 11.9. The Labute approximate surface area is 110 Å². The molecule has 1 heterocycles. The average molecular weight is 257 g/mol. The van der Waals surface area contributed by atoms with Gasteiger partial charge in [-0.1, -0.05) is 0 Å². The van der Waals surface area contributed by atoms with Crippen LogP contribution in [0.3, 0.4) is 0 Å². The van der Waals surface area contributed by atoms with Crippen molar-refractivity contribution in [2.45, 2.75) is 32.3 Å². The van der Waals surface area contributed by atoms with Gasteiger partial charge in [0, 0.05) is 33.3 Å². The fourth-order valence-corrected chi connectivity index (χ4v) is 2.08. The lowest BCUT2D eigenvalue weighted by atomic mass is 10.0. The van der Waals surface area contributed by atoms with Crippen molar-refractivity contribution in [3.8, 4) is 0 Å². The van der Waals surface area contributed by atoms with Crippen molar-refractivity contribution < 1.29 is 9.53 Å². The molecule has 0 radical (unpaired) electrons. The summed E-state index contributed by atoms with van der Waals surface area (Å²) in [6, 6.07) is 0. The van der Waals surface area contributed by atoms with Gasteiger partial charge in [-0.05, 0) is 33.4 Å². The predicted octanol–water partition coefficient (Wildman–Crippen LogP) is 0.295. The molecule has 5 heteroatoms. The fourth-order valence-electron chi connectivity index (χ4n) is 2.08. The number of amides is 1. The smallest absolute Gasteiger partial charge is 0.225 e. The Balaban J connectivity index is 2.32. The van der Waals surface area contributed by atoms with Crippen LogP contribution in [0.25, 0.3) is 0 Å². The molecule has 18 heavy (non-hydrogen) atoms. The largest absolute Gasteiger partial charge is 0.378 e. The first kappa shape index (κ1) is 15.4. The van der Waals surface area contributed by atoms with Gasteiger partial charge in [0.1, 0.15) is 0 Å². The van der Waals surface area contributed by atoms with Crippen LogP contribution in [0.2, 0.25) is 0 Å². The highest BCUT2D eigenvalue weighted by molar-refractivity contribution is 5.77. The molecule has 1 amide bonds. The summed E-state index contributed by atoms with van der Waals surface area (Å²) < 4.78 is 5.30. The Hall–Kier alpha value is -0.650. The third kappa shape index (κ3) is 4.92. The Morgan fingerprint density at radius 2 is 1.89 bits per heavy atom. The fraction of sp³-hybridized carbons (Fsp3) is 0.923. The lowest BCUT2D eigenvalue weighted by molar-refractivity contribution is -0.138. The Bertz CT molecular complexity index is 261. The highest BCUT2D eigenvalue weighted by Crippen LogP contribution is 2.15. The Kier molecular flexibility index (Phi) is 6.05. The van der Waals surface area contributed by atoms with Crippen LogP contribution in [-0.2, 0) is 9.53 Å². The van der Waals surface area contributed by atoms with Crippen LogP contribution in [0.1, 0.15) is 26.7 Å². The second-order valence-corrected chi connectivity index (χ2v) is 5.51. The molecule has 0 aliphatic carbocycles. The van der Waals surface area contributed by atoms with Crippen LogP contribution in [0, 0.1) is 0 Å². The monoisotopic (exact) mass is 257 g/mol. The summed E-state index contributed by atoms with van der Waals surface area (Å²) in [7, 11) is 1.65. The summed E-state index contributed by atoms with van der Waals surface area (Å²) in [5, 5.41) is 0. The molecule has 0 aromatic heterocycles. The summed E-state index contributed by atoms with van der Waals surface area (Å²) in [4.78, 5) is 16.4. The van der Waals surface area contributed by atoms with Gasteiger partial charge in [-0.25, -0.2) is 0 Å². The van der Waals surface area contributed by atoms with Gasteiger partial charge in [0.05, 0.1) is 12.0 Å². The quantitative estimate of drug-likeness (QED) is 0.743. The van der Waals surface area contributed by atoms with E-state index in [1.807, 2.05) is 18.7 Å². The summed E-state index contributed by atoms with van der Waals surface area (Å²) in [6.45, 7) is 9.23. The van der Waals surface area contributed by atoms with Gasteiger partial charge in [-0.2, -0.15) is 0 Å². The maximum absolute atomic E-state index is 12.1. The molecule has 0 saturated carbocycles. The van der Waals surface area contributed by atoms with Crippen molar-refractivity contribution in [3.63, 3.8) is 0 Å².